The quantitative estimate of drug-likeness (QED) is 0.810. The molecule has 2 aromatic rings. The van der Waals surface area contributed by atoms with Crippen LogP contribution in [0.1, 0.15) is 5.56 Å². The van der Waals surface area contributed by atoms with Gasteiger partial charge in [-0.3, -0.25) is 4.98 Å². The molecule has 2 aromatic heterocycles. The minimum atomic E-state index is 0.213. The molecule has 19 heavy (non-hydrogen) atoms. The molecule has 0 atom stereocenters. The lowest BCUT2D eigenvalue weighted by Crippen LogP contribution is -2.17. The van der Waals surface area contributed by atoms with Crippen LogP contribution in [0.4, 0.5) is 17.8 Å². The summed E-state index contributed by atoms with van der Waals surface area (Å²) < 4.78 is 0. The lowest BCUT2D eigenvalue weighted by molar-refractivity contribution is 0.934. The second-order valence-corrected chi connectivity index (χ2v) is 4.24. The average Bonchev–Trinajstić information content (AvgIpc) is 2.39. The topological polar surface area (TPSA) is 92.9 Å². The number of hydrogen-bond donors (Lipinski definition) is 2. The van der Waals surface area contributed by atoms with Gasteiger partial charge in [0.05, 0.1) is 0 Å². The number of nitrogen functional groups attached to an aromatic ring is 1. The highest BCUT2D eigenvalue weighted by molar-refractivity contribution is 5.40. The summed E-state index contributed by atoms with van der Waals surface area (Å²) in [4.78, 5) is 18.1. The fourth-order valence-electron chi connectivity index (χ4n) is 1.53. The molecule has 100 valence electrons. The van der Waals surface area contributed by atoms with Gasteiger partial charge in [-0.05, 0) is 24.1 Å². The fraction of sp³-hybridized carbons (Fsp3) is 0.333. The van der Waals surface area contributed by atoms with E-state index in [4.69, 9.17) is 5.73 Å². The van der Waals surface area contributed by atoms with E-state index >= 15 is 0 Å². The molecule has 0 aliphatic rings. The Morgan fingerprint density at radius 1 is 1.16 bits per heavy atom. The number of aromatic nitrogens is 4. The molecule has 0 saturated carbocycles. The summed E-state index contributed by atoms with van der Waals surface area (Å²) in [5.41, 5.74) is 6.85. The van der Waals surface area contributed by atoms with Gasteiger partial charge in [0.1, 0.15) is 0 Å². The van der Waals surface area contributed by atoms with E-state index in [2.05, 4.69) is 25.3 Å². The molecule has 7 heteroatoms. The number of pyridine rings is 1. The third kappa shape index (κ3) is 3.77. The molecule has 0 bridgehead atoms. The zero-order valence-corrected chi connectivity index (χ0v) is 11.0. The first-order valence-electron chi connectivity index (χ1n) is 5.97. The van der Waals surface area contributed by atoms with E-state index in [0.29, 0.717) is 11.9 Å². The maximum atomic E-state index is 5.64. The zero-order chi connectivity index (χ0) is 13.7. The Labute approximate surface area is 111 Å². The first kappa shape index (κ1) is 13.0. The first-order valence-corrected chi connectivity index (χ1v) is 5.97. The predicted octanol–water partition coefficient (Wildman–Crippen LogP) is 0.569. The number of anilines is 3. The van der Waals surface area contributed by atoms with Gasteiger partial charge in [-0.1, -0.05) is 0 Å². The van der Waals surface area contributed by atoms with Crippen LogP contribution < -0.4 is 16.0 Å². The van der Waals surface area contributed by atoms with Crippen LogP contribution in [0.3, 0.4) is 0 Å². The first-order chi connectivity index (χ1) is 9.15. The van der Waals surface area contributed by atoms with Crippen molar-refractivity contribution >= 4 is 17.8 Å². The molecule has 2 rings (SSSR count). The van der Waals surface area contributed by atoms with Gasteiger partial charge in [0.15, 0.2) is 0 Å². The summed E-state index contributed by atoms with van der Waals surface area (Å²) in [6.07, 6.45) is 4.42. The van der Waals surface area contributed by atoms with Crippen molar-refractivity contribution in [1.82, 2.24) is 19.9 Å². The molecular weight excluding hydrogens is 242 g/mol. The monoisotopic (exact) mass is 259 g/mol. The molecule has 0 unspecified atom stereocenters. The van der Waals surface area contributed by atoms with E-state index in [0.717, 1.165) is 13.0 Å². The van der Waals surface area contributed by atoms with Crippen LogP contribution >= 0.6 is 0 Å². The van der Waals surface area contributed by atoms with Crippen LogP contribution in [-0.2, 0) is 6.42 Å². The lowest BCUT2D eigenvalue weighted by atomic mass is 10.2. The second-order valence-electron chi connectivity index (χ2n) is 4.24. The van der Waals surface area contributed by atoms with Crippen molar-refractivity contribution in [3.8, 4) is 0 Å². The SMILES string of the molecule is CN(C)c1nc(N)nc(NCCc2ccncc2)n1. The molecule has 7 nitrogen and oxygen atoms in total. The van der Waals surface area contributed by atoms with Crippen molar-refractivity contribution in [2.75, 3.05) is 36.6 Å². The highest BCUT2D eigenvalue weighted by atomic mass is 15.3. The Bertz CT molecular complexity index is 527. The van der Waals surface area contributed by atoms with E-state index in [9.17, 15) is 0 Å². The fourth-order valence-corrected chi connectivity index (χ4v) is 1.53. The van der Waals surface area contributed by atoms with Crippen molar-refractivity contribution in [1.29, 1.82) is 0 Å². The van der Waals surface area contributed by atoms with Gasteiger partial charge in [-0.2, -0.15) is 15.0 Å². The third-order valence-electron chi connectivity index (χ3n) is 2.49. The van der Waals surface area contributed by atoms with Crippen molar-refractivity contribution in [3.63, 3.8) is 0 Å². The van der Waals surface area contributed by atoms with E-state index in [1.807, 2.05) is 26.2 Å². The minimum absolute atomic E-state index is 0.213. The highest BCUT2D eigenvalue weighted by Crippen LogP contribution is 2.09. The Morgan fingerprint density at radius 3 is 2.58 bits per heavy atom. The van der Waals surface area contributed by atoms with Gasteiger partial charge >= 0.3 is 0 Å². The van der Waals surface area contributed by atoms with Gasteiger partial charge in [-0.25, -0.2) is 0 Å². The summed E-state index contributed by atoms with van der Waals surface area (Å²) in [6.45, 7) is 0.723. The Kier molecular flexibility index (Phi) is 4.07. The van der Waals surface area contributed by atoms with Crippen molar-refractivity contribution in [2.24, 2.45) is 0 Å². The standard InChI is InChI=1S/C12H17N7/c1-19(2)12-17-10(13)16-11(18-12)15-8-5-9-3-6-14-7-4-9/h3-4,6-7H,5,8H2,1-2H3,(H3,13,15,16,17,18). The molecule has 0 aromatic carbocycles. The van der Waals surface area contributed by atoms with Crippen LogP contribution in [0, 0.1) is 0 Å². The summed E-state index contributed by atoms with van der Waals surface area (Å²) in [5.74, 6) is 1.24. The Balaban J connectivity index is 1.96. The highest BCUT2D eigenvalue weighted by Gasteiger charge is 2.05. The largest absolute Gasteiger partial charge is 0.368 e. The second kappa shape index (κ2) is 5.94. The van der Waals surface area contributed by atoms with Crippen LogP contribution in [0.25, 0.3) is 0 Å². The summed E-state index contributed by atoms with van der Waals surface area (Å²) in [6, 6.07) is 3.96. The van der Waals surface area contributed by atoms with E-state index in [1.54, 1.807) is 17.3 Å². The average molecular weight is 259 g/mol. The van der Waals surface area contributed by atoms with Crippen LogP contribution in [0.2, 0.25) is 0 Å². The molecule has 0 fully saturated rings. The zero-order valence-electron chi connectivity index (χ0n) is 11.0. The lowest BCUT2D eigenvalue weighted by Gasteiger charge is -2.12. The molecule has 0 radical (unpaired) electrons. The summed E-state index contributed by atoms with van der Waals surface area (Å²) >= 11 is 0. The van der Waals surface area contributed by atoms with Gasteiger partial charge in [0, 0.05) is 33.0 Å². The normalized spacial score (nSPS) is 10.2. The molecule has 0 amide bonds. The number of nitrogens with two attached hydrogens (primary N) is 1. The molecule has 0 spiro atoms. The van der Waals surface area contributed by atoms with Gasteiger partial charge in [0.25, 0.3) is 0 Å². The van der Waals surface area contributed by atoms with Gasteiger partial charge in [0.2, 0.25) is 17.8 Å². The Morgan fingerprint density at radius 2 is 1.89 bits per heavy atom. The predicted molar refractivity (Wildman–Crippen MR) is 75.0 cm³/mol. The maximum Gasteiger partial charge on any atom is 0.231 e. The van der Waals surface area contributed by atoms with Gasteiger partial charge in [-0.15, -0.1) is 0 Å². The van der Waals surface area contributed by atoms with Crippen molar-refractivity contribution < 1.29 is 0 Å². The van der Waals surface area contributed by atoms with Crippen LogP contribution in [-0.4, -0.2) is 40.6 Å². The van der Waals surface area contributed by atoms with Gasteiger partial charge < -0.3 is 16.0 Å². The molecule has 0 saturated heterocycles. The number of nitrogens with one attached hydrogen (secondary N) is 1. The molecule has 0 aliphatic carbocycles. The molecule has 0 aliphatic heterocycles. The Hall–Kier alpha value is -2.44. The molecule has 2 heterocycles. The third-order valence-corrected chi connectivity index (χ3v) is 2.49. The van der Waals surface area contributed by atoms with Crippen LogP contribution in [0.15, 0.2) is 24.5 Å². The minimum Gasteiger partial charge on any atom is -0.368 e. The number of rotatable bonds is 5. The smallest absolute Gasteiger partial charge is 0.231 e. The van der Waals surface area contributed by atoms with E-state index in [-0.39, 0.29) is 5.95 Å². The summed E-state index contributed by atoms with van der Waals surface area (Å²) in [7, 11) is 3.71. The summed E-state index contributed by atoms with van der Waals surface area (Å²) in [5, 5.41) is 3.14. The maximum absolute atomic E-state index is 5.64. The van der Waals surface area contributed by atoms with E-state index < -0.39 is 0 Å². The number of hydrogen-bond acceptors (Lipinski definition) is 7. The number of nitrogens with zero attached hydrogens (tertiary/aromatic N) is 5. The van der Waals surface area contributed by atoms with Crippen molar-refractivity contribution in [2.45, 2.75) is 6.42 Å². The van der Waals surface area contributed by atoms with Crippen LogP contribution in [0.5, 0.6) is 0 Å². The van der Waals surface area contributed by atoms with E-state index in [1.165, 1.54) is 5.56 Å². The molecular formula is C12H17N7. The van der Waals surface area contributed by atoms with Crippen molar-refractivity contribution in [3.05, 3.63) is 30.1 Å². The molecule has 3 N–H and O–H groups in total.